The van der Waals surface area contributed by atoms with Gasteiger partial charge in [0.1, 0.15) is 5.75 Å². The van der Waals surface area contributed by atoms with Crippen molar-refractivity contribution in [1.29, 1.82) is 5.26 Å². The lowest BCUT2D eigenvalue weighted by Crippen LogP contribution is -2.25. The van der Waals surface area contributed by atoms with Crippen molar-refractivity contribution in [3.05, 3.63) is 29.8 Å². The van der Waals surface area contributed by atoms with E-state index in [0.717, 1.165) is 17.7 Å². The van der Waals surface area contributed by atoms with E-state index in [9.17, 15) is 5.26 Å². The minimum atomic E-state index is -0.447. The first kappa shape index (κ1) is 13.2. The summed E-state index contributed by atoms with van der Waals surface area (Å²) in [6, 6.07) is 10.4. The van der Waals surface area contributed by atoms with Gasteiger partial charge in [0.25, 0.3) is 0 Å². The molecule has 0 bridgehead atoms. The Balaban J connectivity index is 2.33. The number of benzene rings is 1. The number of rotatable bonds is 6. The minimum absolute atomic E-state index is 0.447. The maximum Gasteiger partial charge on any atom is 0.119 e. The molecular weight excluding hydrogens is 246 g/mol. The maximum absolute atomic E-state index is 9.65. The van der Waals surface area contributed by atoms with E-state index in [0.29, 0.717) is 18.2 Å². The van der Waals surface area contributed by atoms with Gasteiger partial charge < -0.3 is 4.74 Å². The van der Waals surface area contributed by atoms with Crippen LogP contribution in [0.4, 0.5) is 0 Å². The van der Waals surface area contributed by atoms with E-state index in [2.05, 4.69) is 6.07 Å². The molecule has 0 saturated heterocycles. The average Bonchev–Trinajstić information content (AvgIpc) is 3.22. The first-order valence-corrected chi connectivity index (χ1v) is 6.89. The smallest absolute Gasteiger partial charge is 0.119 e. The van der Waals surface area contributed by atoms with Crippen LogP contribution >= 0.6 is 11.6 Å². The zero-order valence-corrected chi connectivity index (χ0v) is 11.4. The summed E-state index contributed by atoms with van der Waals surface area (Å²) in [6.45, 7) is 0. The van der Waals surface area contributed by atoms with Crippen LogP contribution in [0.25, 0.3) is 0 Å². The molecule has 1 saturated carbocycles. The fourth-order valence-corrected chi connectivity index (χ4v) is 2.75. The topological polar surface area (TPSA) is 33.0 Å². The van der Waals surface area contributed by atoms with Crippen molar-refractivity contribution in [3.63, 3.8) is 0 Å². The van der Waals surface area contributed by atoms with Gasteiger partial charge in [-0.1, -0.05) is 25.0 Å². The second-order valence-electron chi connectivity index (χ2n) is 5.01. The Bertz CT molecular complexity index is 450. The molecular formula is C15H18ClNO. The van der Waals surface area contributed by atoms with Crippen LogP contribution in [-0.4, -0.2) is 13.0 Å². The Hall–Kier alpha value is -1.20. The van der Waals surface area contributed by atoms with Crippen molar-refractivity contribution in [2.45, 2.75) is 31.1 Å². The van der Waals surface area contributed by atoms with Gasteiger partial charge in [-0.15, -0.1) is 11.6 Å². The Labute approximate surface area is 114 Å². The van der Waals surface area contributed by atoms with Gasteiger partial charge in [-0.3, -0.25) is 0 Å². The Kier molecular flexibility index (Phi) is 4.14. The second-order valence-corrected chi connectivity index (χ2v) is 5.39. The number of halogens is 1. The Morgan fingerprint density at radius 1 is 1.50 bits per heavy atom. The van der Waals surface area contributed by atoms with E-state index in [-0.39, 0.29) is 0 Å². The fourth-order valence-electron chi connectivity index (χ4n) is 2.43. The molecule has 0 radical (unpaired) electrons. The van der Waals surface area contributed by atoms with Gasteiger partial charge in [-0.25, -0.2) is 0 Å². The van der Waals surface area contributed by atoms with Gasteiger partial charge in [-0.05, 0) is 36.5 Å². The van der Waals surface area contributed by atoms with Crippen LogP contribution < -0.4 is 4.74 Å². The molecule has 96 valence electrons. The zero-order valence-electron chi connectivity index (χ0n) is 10.7. The number of nitrogens with zero attached hydrogens (tertiary/aromatic N) is 1. The standard InChI is InChI=1S/C15H18ClNO/c1-18-14-4-2-3-13(9-14)15(11-17,7-8-16)10-12-5-6-12/h2-4,9,12H,5-8,10H2,1H3. The molecule has 0 aliphatic heterocycles. The van der Waals surface area contributed by atoms with Crippen LogP contribution in [-0.2, 0) is 5.41 Å². The number of alkyl halides is 1. The predicted molar refractivity (Wildman–Crippen MR) is 73.0 cm³/mol. The van der Waals surface area contributed by atoms with Crippen molar-refractivity contribution < 1.29 is 4.74 Å². The van der Waals surface area contributed by atoms with Crippen LogP contribution in [0.3, 0.4) is 0 Å². The lowest BCUT2D eigenvalue weighted by Gasteiger charge is -2.26. The highest BCUT2D eigenvalue weighted by Crippen LogP contribution is 2.44. The van der Waals surface area contributed by atoms with E-state index in [1.165, 1.54) is 12.8 Å². The highest BCUT2D eigenvalue weighted by atomic mass is 35.5. The van der Waals surface area contributed by atoms with Gasteiger partial charge >= 0.3 is 0 Å². The highest BCUT2D eigenvalue weighted by molar-refractivity contribution is 6.17. The number of hydrogen-bond donors (Lipinski definition) is 0. The molecule has 18 heavy (non-hydrogen) atoms. The third kappa shape index (κ3) is 2.79. The molecule has 1 unspecified atom stereocenters. The quantitative estimate of drug-likeness (QED) is 0.730. The first-order chi connectivity index (χ1) is 8.74. The largest absolute Gasteiger partial charge is 0.497 e. The summed E-state index contributed by atoms with van der Waals surface area (Å²) in [5.74, 6) is 2.01. The molecule has 0 amide bonds. The van der Waals surface area contributed by atoms with Crippen molar-refractivity contribution in [3.8, 4) is 11.8 Å². The van der Waals surface area contributed by atoms with Gasteiger partial charge in [-0.2, -0.15) is 5.26 Å². The fraction of sp³-hybridized carbons (Fsp3) is 0.533. The zero-order chi connectivity index (χ0) is 13.0. The van der Waals surface area contributed by atoms with Gasteiger partial charge in [0.2, 0.25) is 0 Å². The summed E-state index contributed by atoms with van der Waals surface area (Å²) in [4.78, 5) is 0. The minimum Gasteiger partial charge on any atom is -0.497 e. The van der Waals surface area contributed by atoms with Crippen LogP contribution in [0.15, 0.2) is 24.3 Å². The van der Waals surface area contributed by atoms with Gasteiger partial charge in [0.05, 0.1) is 18.6 Å². The number of hydrogen-bond acceptors (Lipinski definition) is 2. The highest BCUT2D eigenvalue weighted by Gasteiger charge is 2.38. The number of ether oxygens (including phenoxy) is 1. The molecule has 1 aliphatic carbocycles. The normalized spacial score (nSPS) is 17.8. The molecule has 0 spiro atoms. The monoisotopic (exact) mass is 263 g/mol. The lowest BCUT2D eigenvalue weighted by molar-refractivity contribution is 0.409. The van der Waals surface area contributed by atoms with Crippen molar-refractivity contribution in [2.75, 3.05) is 13.0 Å². The predicted octanol–water partition coefficient (Wildman–Crippen LogP) is 3.89. The van der Waals surface area contributed by atoms with Crippen molar-refractivity contribution >= 4 is 11.6 Å². The van der Waals surface area contributed by atoms with Crippen molar-refractivity contribution in [1.82, 2.24) is 0 Å². The molecule has 1 fully saturated rings. The summed E-state index contributed by atoms with van der Waals surface area (Å²) in [6.07, 6.45) is 4.11. The molecule has 1 aliphatic rings. The van der Waals surface area contributed by atoms with E-state index in [1.54, 1.807) is 7.11 Å². The SMILES string of the molecule is COc1cccc(C(C#N)(CCCl)CC2CC2)c1. The van der Waals surface area contributed by atoms with Crippen LogP contribution in [0, 0.1) is 17.2 Å². The molecule has 1 atom stereocenters. The summed E-state index contributed by atoms with van der Waals surface area (Å²) >= 11 is 5.91. The second kappa shape index (κ2) is 5.63. The van der Waals surface area contributed by atoms with Crippen LogP contribution in [0.5, 0.6) is 5.75 Å². The Morgan fingerprint density at radius 2 is 2.28 bits per heavy atom. The summed E-state index contributed by atoms with van der Waals surface area (Å²) in [5.41, 5.74) is 0.592. The van der Waals surface area contributed by atoms with Crippen LogP contribution in [0.1, 0.15) is 31.2 Å². The van der Waals surface area contributed by atoms with Crippen LogP contribution in [0.2, 0.25) is 0 Å². The lowest BCUT2D eigenvalue weighted by atomic mass is 9.75. The molecule has 0 N–H and O–H groups in total. The molecule has 0 heterocycles. The molecule has 2 nitrogen and oxygen atoms in total. The molecule has 1 aromatic rings. The number of methoxy groups -OCH3 is 1. The number of nitriles is 1. The molecule has 0 aromatic heterocycles. The van der Waals surface area contributed by atoms with Gasteiger partial charge in [0.15, 0.2) is 0 Å². The molecule has 1 aromatic carbocycles. The molecule has 3 heteroatoms. The third-order valence-electron chi connectivity index (χ3n) is 3.69. The average molecular weight is 264 g/mol. The van der Waals surface area contributed by atoms with Crippen molar-refractivity contribution in [2.24, 2.45) is 5.92 Å². The van der Waals surface area contributed by atoms with E-state index in [4.69, 9.17) is 16.3 Å². The van der Waals surface area contributed by atoms with Gasteiger partial charge in [0, 0.05) is 5.88 Å². The first-order valence-electron chi connectivity index (χ1n) is 6.36. The summed E-state index contributed by atoms with van der Waals surface area (Å²) in [5, 5.41) is 9.65. The van der Waals surface area contributed by atoms with E-state index < -0.39 is 5.41 Å². The van der Waals surface area contributed by atoms with E-state index >= 15 is 0 Å². The summed E-state index contributed by atoms with van der Waals surface area (Å²) < 4.78 is 5.25. The Morgan fingerprint density at radius 3 is 2.83 bits per heavy atom. The maximum atomic E-state index is 9.65. The molecule has 2 rings (SSSR count). The summed E-state index contributed by atoms with van der Waals surface area (Å²) in [7, 11) is 1.65. The van der Waals surface area contributed by atoms with E-state index in [1.807, 2.05) is 24.3 Å². The third-order valence-corrected chi connectivity index (χ3v) is 3.88.